The van der Waals surface area contributed by atoms with Gasteiger partial charge in [-0.3, -0.25) is 0 Å². The molecular formula is C10H20O5. The Balaban J connectivity index is 0.000000167. The summed E-state index contributed by atoms with van der Waals surface area (Å²) in [6.45, 7) is 4.64. The predicted octanol–water partition coefficient (Wildman–Crippen LogP) is 0.0798. The lowest BCUT2D eigenvalue weighted by Crippen LogP contribution is -2.06. The van der Waals surface area contributed by atoms with Gasteiger partial charge in [0.2, 0.25) is 0 Å². The first kappa shape index (κ1) is 12.9. The van der Waals surface area contributed by atoms with Crippen molar-refractivity contribution < 1.29 is 23.7 Å². The average Bonchev–Trinajstić information content (AvgIpc) is 3.08. The zero-order valence-corrected chi connectivity index (χ0v) is 9.44. The lowest BCUT2D eigenvalue weighted by molar-refractivity contribution is 0.102. The third kappa shape index (κ3) is 8.77. The third-order valence-electron chi connectivity index (χ3n) is 1.90. The van der Waals surface area contributed by atoms with Gasteiger partial charge in [0.05, 0.1) is 39.6 Å². The van der Waals surface area contributed by atoms with Crippen LogP contribution in [0.5, 0.6) is 0 Å². The van der Waals surface area contributed by atoms with Gasteiger partial charge in [0.25, 0.3) is 0 Å². The van der Waals surface area contributed by atoms with Gasteiger partial charge >= 0.3 is 0 Å². The van der Waals surface area contributed by atoms with Crippen molar-refractivity contribution in [2.45, 2.75) is 12.2 Å². The highest BCUT2D eigenvalue weighted by Crippen LogP contribution is 2.12. The maximum atomic E-state index is 5.23. The third-order valence-corrected chi connectivity index (χ3v) is 1.90. The van der Waals surface area contributed by atoms with Gasteiger partial charge in [-0.1, -0.05) is 0 Å². The fourth-order valence-electron chi connectivity index (χ4n) is 0.826. The Morgan fingerprint density at radius 2 is 1.33 bits per heavy atom. The highest BCUT2D eigenvalue weighted by atomic mass is 16.6. The summed E-state index contributed by atoms with van der Waals surface area (Å²) in [6, 6.07) is 0. The van der Waals surface area contributed by atoms with E-state index in [1.54, 1.807) is 14.2 Å². The summed E-state index contributed by atoms with van der Waals surface area (Å²) >= 11 is 0. The lowest BCUT2D eigenvalue weighted by atomic mass is 10.5. The van der Waals surface area contributed by atoms with Crippen LogP contribution >= 0.6 is 0 Å². The highest BCUT2D eigenvalue weighted by molar-refractivity contribution is 4.71. The number of methoxy groups -OCH3 is 2. The van der Waals surface area contributed by atoms with E-state index in [1.807, 2.05) is 0 Å². The van der Waals surface area contributed by atoms with Crippen molar-refractivity contribution in [3.63, 3.8) is 0 Å². The van der Waals surface area contributed by atoms with E-state index >= 15 is 0 Å². The Morgan fingerprint density at radius 3 is 1.60 bits per heavy atom. The van der Waals surface area contributed by atoms with E-state index < -0.39 is 0 Å². The normalized spacial score (nSPS) is 26.8. The second-order valence-electron chi connectivity index (χ2n) is 3.43. The van der Waals surface area contributed by atoms with Crippen LogP contribution in [0.1, 0.15) is 0 Å². The van der Waals surface area contributed by atoms with E-state index in [0.717, 1.165) is 26.4 Å². The quantitative estimate of drug-likeness (QED) is 0.449. The first-order valence-electron chi connectivity index (χ1n) is 5.15. The summed E-state index contributed by atoms with van der Waals surface area (Å²) < 4.78 is 24.4. The molecule has 0 aromatic carbocycles. The average molecular weight is 220 g/mol. The molecular weight excluding hydrogens is 200 g/mol. The fourth-order valence-corrected chi connectivity index (χ4v) is 0.826. The number of hydrogen-bond acceptors (Lipinski definition) is 5. The zero-order valence-electron chi connectivity index (χ0n) is 9.44. The van der Waals surface area contributed by atoms with Crippen LogP contribution in [0.25, 0.3) is 0 Å². The van der Waals surface area contributed by atoms with Gasteiger partial charge in [0.1, 0.15) is 12.2 Å². The number of ether oxygens (including phenoxy) is 5. The van der Waals surface area contributed by atoms with Gasteiger partial charge in [-0.2, -0.15) is 0 Å². The van der Waals surface area contributed by atoms with E-state index in [9.17, 15) is 0 Å². The molecule has 15 heavy (non-hydrogen) atoms. The van der Waals surface area contributed by atoms with Gasteiger partial charge in [0, 0.05) is 14.2 Å². The minimum Gasteiger partial charge on any atom is -0.382 e. The number of hydrogen-bond donors (Lipinski definition) is 0. The van der Waals surface area contributed by atoms with Crippen molar-refractivity contribution in [1.29, 1.82) is 0 Å². The summed E-state index contributed by atoms with van der Waals surface area (Å²) in [5.41, 5.74) is 0. The minimum atomic E-state index is 0.392. The van der Waals surface area contributed by atoms with E-state index in [4.69, 9.17) is 14.2 Å². The zero-order chi connectivity index (χ0) is 10.9. The molecule has 0 aromatic rings. The van der Waals surface area contributed by atoms with Crippen LogP contribution in [0.2, 0.25) is 0 Å². The van der Waals surface area contributed by atoms with Crippen LogP contribution in [0, 0.1) is 0 Å². The molecule has 0 aromatic heterocycles. The standard InChI is InChI=1S/C6H10O3.C4H10O2/c1(5-3-8-5)7-2-6-4-9-6;1-5-3-4-6-2/h5-6H,1-4H2;3-4H2,1-2H3. The van der Waals surface area contributed by atoms with Crippen LogP contribution in [0.4, 0.5) is 0 Å². The van der Waals surface area contributed by atoms with E-state index in [-0.39, 0.29) is 0 Å². The molecule has 2 saturated heterocycles. The van der Waals surface area contributed by atoms with Crippen molar-refractivity contribution >= 4 is 0 Å². The van der Waals surface area contributed by atoms with E-state index in [2.05, 4.69) is 9.47 Å². The molecule has 0 N–H and O–H groups in total. The molecule has 2 aliphatic rings. The van der Waals surface area contributed by atoms with Crippen LogP contribution < -0.4 is 0 Å². The van der Waals surface area contributed by atoms with Crippen LogP contribution in [0.3, 0.4) is 0 Å². The van der Waals surface area contributed by atoms with E-state index in [0.29, 0.717) is 25.4 Å². The maximum absolute atomic E-state index is 5.23. The Kier molecular flexibility index (Phi) is 6.87. The summed E-state index contributed by atoms with van der Waals surface area (Å²) in [6.07, 6.45) is 0.785. The molecule has 5 nitrogen and oxygen atoms in total. The van der Waals surface area contributed by atoms with Gasteiger partial charge in [-0.15, -0.1) is 0 Å². The molecule has 2 unspecified atom stereocenters. The molecule has 2 atom stereocenters. The van der Waals surface area contributed by atoms with Crippen molar-refractivity contribution in [2.75, 3.05) is 53.9 Å². The molecule has 0 aliphatic carbocycles. The van der Waals surface area contributed by atoms with Crippen molar-refractivity contribution in [2.24, 2.45) is 0 Å². The molecule has 2 fully saturated rings. The predicted molar refractivity (Wildman–Crippen MR) is 54.1 cm³/mol. The molecule has 2 heterocycles. The fraction of sp³-hybridized carbons (Fsp3) is 1.00. The Morgan fingerprint density at radius 1 is 0.933 bits per heavy atom. The first-order valence-corrected chi connectivity index (χ1v) is 5.15. The Labute approximate surface area is 90.6 Å². The molecule has 0 spiro atoms. The molecule has 0 saturated carbocycles. The largest absolute Gasteiger partial charge is 0.382 e. The smallest absolute Gasteiger partial charge is 0.104 e. The van der Waals surface area contributed by atoms with Crippen LogP contribution in [-0.2, 0) is 23.7 Å². The molecule has 5 heteroatoms. The van der Waals surface area contributed by atoms with E-state index in [1.165, 1.54) is 0 Å². The van der Waals surface area contributed by atoms with Crippen molar-refractivity contribution in [3.05, 3.63) is 0 Å². The molecule has 2 aliphatic heterocycles. The summed E-state index contributed by atoms with van der Waals surface area (Å²) in [7, 11) is 3.30. The highest BCUT2D eigenvalue weighted by Gasteiger charge is 2.26. The summed E-state index contributed by atoms with van der Waals surface area (Å²) in [5, 5.41) is 0. The first-order chi connectivity index (χ1) is 7.36. The van der Waals surface area contributed by atoms with Crippen molar-refractivity contribution in [3.8, 4) is 0 Å². The SMILES string of the molecule is C(OCC1CO1)C1CO1.COCCOC. The molecule has 2 rings (SSSR count). The van der Waals surface area contributed by atoms with Crippen LogP contribution in [-0.4, -0.2) is 66.1 Å². The second-order valence-corrected chi connectivity index (χ2v) is 3.43. The summed E-state index contributed by atoms with van der Waals surface area (Å²) in [4.78, 5) is 0. The molecule has 0 radical (unpaired) electrons. The van der Waals surface area contributed by atoms with Crippen LogP contribution in [0.15, 0.2) is 0 Å². The van der Waals surface area contributed by atoms with Gasteiger partial charge in [-0.25, -0.2) is 0 Å². The lowest BCUT2D eigenvalue weighted by Gasteiger charge is -1.95. The summed E-state index contributed by atoms with van der Waals surface area (Å²) in [5.74, 6) is 0. The number of rotatable bonds is 7. The second kappa shape index (κ2) is 8.01. The molecule has 0 bridgehead atoms. The van der Waals surface area contributed by atoms with Crippen molar-refractivity contribution in [1.82, 2.24) is 0 Å². The Bertz CT molecular complexity index is 129. The molecule has 90 valence electrons. The maximum Gasteiger partial charge on any atom is 0.104 e. The Hall–Kier alpha value is -0.200. The monoisotopic (exact) mass is 220 g/mol. The van der Waals surface area contributed by atoms with Gasteiger partial charge in [0.15, 0.2) is 0 Å². The number of epoxide rings is 2. The minimum absolute atomic E-state index is 0.392. The topological polar surface area (TPSA) is 52.8 Å². The van der Waals surface area contributed by atoms with Gasteiger partial charge in [-0.05, 0) is 0 Å². The van der Waals surface area contributed by atoms with Gasteiger partial charge < -0.3 is 23.7 Å². The molecule has 0 amide bonds.